The van der Waals surface area contributed by atoms with Gasteiger partial charge in [0.05, 0.1) is 11.7 Å². The summed E-state index contributed by atoms with van der Waals surface area (Å²) in [5, 5.41) is 21.0. The molecule has 28 heavy (non-hydrogen) atoms. The van der Waals surface area contributed by atoms with Crippen LogP contribution in [0.3, 0.4) is 0 Å². The average molecular weight is 384 g/mol. The Morgan fingerprint density at radius 2 is 1.93 bits per heavy atom. The van der Waals surface area contributed by atoms with Crippen LogP contribution >= 0.6 is 0 Å². The molecular weight excluding hydrogens is 346 g/mol. The topological polar surface area (TPSA) is 66.5 Å². The molecule has 154 valence electrons. The summed E-state index contributed by atoms with van der Waals surface area (Å²) in [6.07, 6.45) is 13.0. The minimum Gasteiger partial charge on any atom is -0.392 e. The Labute approximate surface area is 170 Å². The number of hydrogen-bond acceptors (Lipinski definition) is 3. The van der Waals surface area contributed by atoms with Crippen LogP contribution in [0.4, 0.5) is 0 Å². The van der Waals surface area contributed by atoms with E-state index in [1.165, 1.54) is 16.7 Å². The molecule has 4 N–H and O–H groups in total. The summed E-state index contributed by atoms with van der Waals surface area (Å²) in [5.41, 5.74) is 9.06. The maximum absolute atomic E-state index is 10.5. The number of fused-ring (bicyclic) bond motifs is 1. The van der Waals surface area contributed by atoms with E-state index < -0.39 is 5.60 Å². The molecule has 0 spiro atoms. The SMILES string of the molecule is CCCC[C@](C)(O)C/C=C/[C@@H]1[C@H]2CC(Cc3ccc(CN)cc3)=C[C@H]2C[C@H]1O. The maximum Gasteiger partial charge on any atom is 0.0654 e. The quantitative estimate of drug-likeness (QED) is 0.549. The first kappa shape index (κ1) is 21.3. The third kappa shape index (κ3) is 5.34. The molecule has 3 heteroatoms. The number of aliphatic hydroxyl groups is 2. The van der Waals surface area contributed by atoms with Crippen molar-refractivity contribution in [1.82, 2.24) is 0 Å². The van der Waals surface area contributed by atoms with Crippen LogP contribution in [0.15, 0.2) is 48.1 Å². The van der Waals surface area contributed by atoms with Crippen LogP contribution in [-0.4, -0.2) is 21.9 Å². The van der Waals surface area contributed by atoms with E-state index >= 15 is 0 Å². The fourth-order valence-corrected chi connectivity index (χ4v) is 4.93. The van der Waals surface area contributed by atoms with Gasteiger partial charge in [0.2, 0.25) is 0 Å². The normalized spacial score (nSPS) is 29.1. The summed E-state index contributed by atoms with van der Waals surface area (Å²) in [6.45, 7) is 4.66. The smallest absolute Gasteiger partial charge is 0.0654 e. The minimum atomic E-state index is -0.635. The zero-order chi connectivity index (χ0) is 20.1. The molecule has 0 saturated heterocycles. The molecule has 1 aromatic carbocycles. The number of nitrogens with two attached hydrogens (primary N) is 1. The number of unbranched alkanes of at least 4 members (excludes halogenated alkanes) is 1. The predicted octanol–water partition coefficient (Wildman–Crippen LogP) is 4.52. The van der Waals surface area contributed by atoms with Crippen LogP contribution in [-0.2, 0) is 13.0 Å². The Morgan fingerprint density at radius 3 is 2.61 bits per heavy atom. The van der Waals surface area contributed by atoms with E-state index in [0.29, 0.717) is 24.8 Å². The van der Waals surface area contributed by atoms with E-state index in [0.717, 1.165) is 38.5 Å². The van der Waals surface area contributed by atoms with E-state index in [4.69, 9.17) is 5.73 Å². The van der Waals surface area contributed by atoms with Gasteiger partial charge in [-0.25, -0.2) is 0 Å². The molecule has 0 radical (unpaired) electrons. The lowest BCUT2D eigenvalue weighted by Crippen LogP contribution is -2.23. The van der Waals surface area contributed by atoms with Gasteiger partial charge in [0.25, 0.3) is 0 Å². The highest BCUT2D eigenvalue weighted by Crippen LogP contribution is 2.48. The van der Waals surface area contributed by atoms with Crippen LogP contribution in [0.1, 0.15) is 63.5 Å². The molecule has 0 bridgehead atoms. The second kappa shape index (κ2) is 9.39. The molecular formula is C25H37NO2. The molecule has 0 heterocycles. The molecule has 1 fully saturated rings. The number of allylic oxidation sites excluding steroid dienone is 2. The second-order valence-electron chi connectivity index (χ2n) is 9.17. The lowest BCUT2D eigenvalue weighted by atomic mass is 9.87. The number of rotatable bonds is 9. The number of aliphatic hydroxyl groups excluding tert-OH is 1. The van der Waals surface area contributed by atoms with Crippen LogP contribution in [0.25, 0.3) is 0 Å². The number of hydrogen-bond donors (Lipinski definition) is 3. The van der Waals surface area contributed by atoms with Gasteiger partial charge in [0.15, 0.2) is 0 Å². The van der Waals surface area contributed by atoms with E-state index in [1.807, 2.05) is 6.92 Å². The van der Waals surface area contributed by atoms with Gasteiger partial charge in [0, 0.05) is 12.5 Å². The summed E-state index contributed by atoms with van der Waals surface area (Å²) < 4.78 is 0. The first-order chi connectivity index (χ1) is 13.4. The fraction of sp³-hybridized carbons (Fsp3) is 0.600. The predicted molar refractivity (Wildman–Crippen MR) is 116 cm³/mol. The first-order valence-electron chi connectivity index (χ1n) is 11.0. The van der Waals surface area contributed by atoms with Gasteiger partial charge in [-0.2, -0.15) is 0 Å². The molecule has 3 rings (SSSR count). The van der Waals surface area contributed by atoms with E-state index in [2.05, 4.69) is 49.4 Å². The molecule has 5 atom stereocenters. The first-order valence-corrected chi connectivity index (χ1v) is 11.0. The van der Waals surface area contributed by atoms with Gasteiger partial charge in [-0.15, -0.1) is 0 Å². The van der Waals surface area contributed by atoms with Crippen molar-refractivity contribution in [2.24, 2.45) is 23.5 Å². The molecule has 3 nitrogen and oxygen atoms in total. The van der Waals surface area contributed by atoms with Gasteiger partial charge in [0.1, 0.15) is 0 Å². The average Bonchev–Trinajstić information content (AvgIpc) is 3.18. The molecule has 0 unspecified atom stereocenters. The molecule has 0 aromatic heterocycles. The van der Waals surface area contributed by atoms with Crippen LogP contribution in [0.5, 0.6) is 0 Å². The third-order valence-electron chi connectivity index (χ3n) is 6.62. The molecule has 1 aromatic rings. The van der Waals surface area contributed by atoms with Crippen molar-refractivity contribution >= 4 is 0 Å². The summed E-state index contributed by atoms with van der Waals surface area (Å²) in [6, 6.07) is 8.60. The zero-order valence-electron chi connectivity index (χ0n) is 17.5. The van der Waals surface area contributed by atoms with Gasteiger partial charge >= 0.3 is 0 Å². The Bertz CT molecular complexity index is 689. The highest BCUT2D eigenvalue weighted by molar-refractivity contribution is 5.30. The molecule has 0 aliphatic heterocycles. The summed E-state index contributed by atoms with van der Waals surface area (Å²) in [5.74, 6) is 1.20. The van der Waals surface area contributed by atoms with Crippen molar-refractivity contribution in [3.05, 3.63) is 59.2 Å². The van der Waals surface area contributed by atoms with Crippen molar-refractivity contribution in [1.29, 1.82) is 0 Å². The van der Waals surface area contributed by atoms with Crippen molar-refractivity contribution in [3.8, 4) is 0 Å². The lowest BCUT2D eigenvalue weighted by molar-refractivity contribution is 0.0513. The Hall–Kier alpha value is -1.42. The minimum absolute atomic E-state index is 0.209. The van der Waals surface area contributed by atoms with Crippen LogP contribution < -0.4 is 5.73 Å². The zero-order valence-corrected chi connectivity index (χ0v) is 17.5. The molecule has 0 amide bonds. The Balaban J connectivity index is 1.56. The van der Waals surface area contributed by atoms with E-state index in [9.17, 15) is 10.2 Å². The second-order valence-corrected chi connectivity index (χ2v) is 9.17. The molecule has 2 aliphatic rings. The highest BCUT2D eigenvalue weighted by Gasteiger charge is 2.43. The largest absolute Gasteiger partial charge is 0.392 e. The molecule has 2 aliphatic carbocycles. The summed E-state index contributed by atoms with van der Waals surface area (Å²) >= 11 is 0. The lowest BCUT2D eigenvalue weighted by Gasteiger charge is -2.22. The monoisotopic (exact) mass is 383 g/mol. The van der Waals surface area contributed by atoms with E-state index in [1.54, 1.807) is 0 Å². The van der Waals surface area contributed by atoms with Crippen LogP contribution in [0, 0.1) is 17.8 Å². The fourth-order valence-electron chi connectivity index (χ4n) is 4.93. The van der Waals surface area contributed by atoms with Gasteiger partial charge in [-0.1, -0.05) is 67.8 Å². The standard InChI is InChI=1S/C25H37NO2/c1-3-4-11-25(2,28)12-5-6-22-23-15-20(14-21(23)16-24(22)27)13-18-7-9-19(17-26)10-8-18/h5-10,14,21-24,27-28H,3-4,11-13,15-17,26H2,1-2H3/b6-5+/t21-,22+,23-,24+,25-/m0/s1. The summed E-state index contributed by atoms with van der Waals surface area (Å²) in [4.78, 5) is 0. The van der Waals surface area contributed by atoms with Gasteiger partial charge < -0.3 is 15.9 Å². The van der Waals surface area contributed by atoms with E-state index in [-0.39, 0.29) is 12.0 Å². The van der Waals surface area contributed by atoms with Gasteiger partial charge in [-0.3, -0.25) is 0 Å². The van der Waals surface area contributed by atoms with Crippen molar-refractivity contribution in [3.63, 3.8) is 0 Å². The van der Waals surface area contributed by atoms with Crippen LogP contribution in [0.2, 0.25) is 0 Å². The van der Waals surface area contributed by atoms with Crippen molar-refractivity contribution in [2.45, 2.75) is 77.0 Å². The maximum atomic E-state index is 10.5. The third-order valence-corrected chi connectivity index (χ3v) is 6.62. The highest BCUT2D eigenvalue weighted by atomic mass is 16.3. The molecule has 1 saturated carbocycles. The van der Waals surface area contributed by atoms with Crippen molar-refractivity contribution < 1.29 is 10.2 Å². The Kier molecular flexibility index (Phi) is 7.14. The van der Waals surface area contributed by atoms with Gasteiger partial charge in [-0.05, 0) is 62.0 Å². The Morgan fingerprint density at radius 1 is 1.21 bits per heavy atom. The number of benzene rings is 1. The summed E-state index contributed by atoms with van der Waals surface area (Å²) in [7, 11) is 0. The van der Waals surface area contributed by atoms with Crippen molar-refractivity contribution in [2.75, 3.05) is 0 Å².